The Morgan fingerprint density at radius 1 is 1.52 bits per heavy atom. The zero-order chi connectivity index (χ0) is 15.2. The first-order chi connectivity index (χ1) is 10.1. The van der Waals surface area contributed by atoms with Crippen LogP contribution in [0.4, 0.5) is 0 Å². The fourth-order valence-electron chi connectivity index (χ4n) is 1.65. The molecule has 1 atom stereocenters. The van der Waals surface area contributed by atoms with E-state index in [-0.39, 0.29) is 11.9 Å². The summed E-state index contributed by atoms with van der Waals surface area (Å²) in [4.78, 5) is 15.6. The Balaban J connectivity index is 1.90. The average Bonchev–Trinajstić information content (AvgIpc) is 2.95. The molecule has 2 rings (SSSR count). The molecule has 0 bridgehead atoms. The molecule has 112 valence electrons. The number of hydrogen-bond acceptors (Lipinski definition) is 6. The zero-order valence-electron chi connectivity index (χ0n) is 11.7. The maximum atomic E-state index is 11.3. The molecule has 5 nitrogen and oxygen atoms in total. The molecule has 0 saturated heterocycles. The summed E-state index contributed by atoms with van der Waals surface area (Å²) in [7, 11) is 1.39. The number of carbonyl (C=O) groups is 1. The maximum Gasteiger partial charge on any atom is 0.309 e. The van der Waals surface area contributed by atoms with Crippen molar-refractivity contribution in [2.45, 2.75) is 12.7 Å². The Morgan fingerprint density at radius 3 is 3.05 bits per heavy atom. The van der Waals surface area contributed by atoms with Crippen LogP contribution in [0.2, 0.25) is 5.02 Å². The Labute approximate surface area is 132 Å². The summed E-state index contributed by atoms with van der Waals surface area (Å²) in [5.41, 5.74) is 0.811. The van der Waals surface area contributed by atoms with Crippen molar-refractivity contribution in [3.05, 3.63) is 35.2 Å². The van der Waals surface area contributed by atoms with Gasteiger partial charge in [0.1, 0.15) is 0 Å². The summed E-state index contributed by atoms with van der Waals surface area (Å²) >= 11 is 7.48. The van der Waals surface area contributed by atoms with Crippen molar-refractivity contribution < 1.29 is 14.1 Å². The highest BCUT2D eigenvalue weighted by atomic mass is 35.5. The second-order valence-corrected chi connectivity index (χ2v) is 5.93. The summed E-state index contributed by atoms with van der Waals surface area (Å²) < 4.78 is 9.86. The van der Waals surface area contributed by atoms with Crippen LogP contribution < -0.4 is 0 Å². The third kappa shape index (κ3) is 4.47. The van der Waals surface area contributed by atoms with Gasteiger partial charge in [-0.2, -0.15) is 16.7 Å². The molecular formula is C14H15ClN2O3S. The van der Waals surface area contributed by atoms with Crippen LogP contribution in [0.1, 0.15) is 12.8 Å². The largest absolute Gasteiger partial charge is 0.469 e. The molecule has 1 unspecified atom stereocenters. The number of methoxy groups -OCH3 is 1. The lowest BCUT2D eigenvalue weighted by molar-refractivity contribution is -0.143. The lowest BCUT2D eigenvalue weighted by atomic mass is 10.2. The van der Waals surface area contributed by atoms with Gasteiger partial charge in [-0.25, -0.2) is 0 Å². The van der Waals surface area contributed by atoms with Gasteiger partial charge in [0.05, 0.1) is 18.8 Å². The van der Waals surface area contributed by atoms with Gasteiger partial charge in [-0.05, 0) is 12.1 Å². The van der Waals surface area contributed by atoms with Crippen molar-refractivity contribution in [3.63, 3.8) is 0 Å². The van der Waals surface area contributed by atoms with Crippen LogP contribution in [-0.2, 0) is 15.3 Å². The third-order valence-corrected chi connectivity index (χ3v) is 4.17. The maximum absolute atomic E-state index is 11.3. The fourth-order valence-corrected chi connectivity index (χ4v) is 2.74. The smallest absolute Gasteiger partial charge is 0.309 e. The van der Waals surface area contributed by atoms with Crippen LogP contribution in [0.25, 0.3) is 11.4 Å². The fraction of sp³-hybridized carbons (Fsp3) is 0.357. The number of nitrogens with zero attached hydrogens (tertiary/aromatic N) is 2. The second-order valence-electron chi connectivity index (χ2n) is 4.46. The Bertz CT molecular complexity index is 618. The molecule has 0 saturated carbocycles. The summed E-state index contributed by atoms with van der Waals surface area (Å²) in [6.45, 7) is 1.82. The van der Waals surface area contributed by atoms with Crippen molar-refractivity contribution in [1.82, 2.24) is 10.1 Å². The highest BCUT2D eigenvalue weighted by molar-refractivity contribution is 7.98. The molecule has 0 aliphatic carbocycles. The first-order valence-electron chi connectivity index (χ1n) is 6.34. The van der Waals surface area contributed by atoms with Gasteiger partial charge in [0.2, 0.25) is 11.7 Å². The predicted molar refractivity (Wildman–Crippen MR) is 82.1 cm³/mol. The summed E-state index contributed by atoms with van der Waals surface area (Å²) in [5.74, 6) is 1.85. The number of carbonyl (C=O) groups excluding carboxylic acids is 1. The van der Waals surface area contributed by atoms with Gasteiger partial charge >= 0.3 is 5.97 Å². The first kappa shape index (κ1) is 15.9. The van der Waals surface area contributed by atoms with E-state index >= 15 is 0 Å². The minimum atomic E-state index is -0.215. The zero-order valence-corrected chi connectivity index (χ0v) is 13.3. The second kappa shape index (κ2) is 7.47. The number of thioether (sulfide) groups is 1. The van der Waals surface area contributed by atoms with Gasteiger partial charge in [0.15, 0.2) is 0 Å². The number of hydrogen-bond donors (Lipinski definition) is 0. The predicted octanol–water partition coefficient (Wildman–Crippen LogP) is 3.43. The monoisotopic (exact) mass is 326 g/mol. The molecule has 21 heavy (non-hydrogen) atoms. The van der Waals surface area contributed by atoms with Crippen LogP contribution in [-0.4, -0.2) is 29.0 Å². The molecule has 7 heteroatoms. The van der Waals surface area contributed by atoms with Crippen molar-refractivity contribution in [2.24, 2.45) is 5.92 Å². The molecule has 2 aromatic rings. The molecule has 1 heterocycles. The number of esters is 1. The molecule has 0 N–H and O–H groups in total. The van der Waals surface area contributed by atoms with E-state index in [0.717, 1.165) is 5.56 Å². The number of halogens is 1. The van der Waals surface area contributed by atoms with E-state index < -0.39 is 0 Å². The number of benzene rings is 1. The van der Waals surface area contributed by atoms with Crippen molar-refractivity contribution in [2.75, 3.05) is 12.9 Å². The summed E-state index contributed by atoms with van der Waals surface area (Å²) in [6, 6.07) is 7.27. The quantitative estimate of drug-likeness (QED) is 0.758. The van der Waals surface area contributed by atoms with E-state index in [2.05, 4.69) is 14.9 Å². The van der Waals surface area contributed by atoms with Crippen LogP contribution in [0.15, 0.2) is 28.8 Å². The standard InChI is InChI=1S/C14H15ClN2O3S/c1-9(14(18)19-2)7-21-8-12-16-13(17-20-12)10-4-3-5-11(15)6-10/h3-6,9H,7-8H2,1-2H3. The van der Waals surface area contributed by atoms with Crippen LogP contribution in [0.3, 0.4) is 0 Å². The van der Waals surface area contributed by atoms with Gasteiger partial charge in [-0.1, -0.05) is 35.8 Å². The molecular weight excluding hydrogens is 312 g/mol. The summed E-state index contributed by atoms with van der Waals surface area (Å²) in [5, 5.41) is 4.55. The van der Waals surface area contributed by atoms with Gasteiger partial charge in [0.25, 0.3) is 0 Å². The van der Waals surface area contributed by atoms with Gasteiger partial charge in [-0.15, -0.1) is 0 Å². The third-order valence-electron chi connectivity index (χ3n) is 2.75. The van der Waals surface area contributed by atoms with Crippen LogP contribution in [0.5, 0.6) is 0 Å². The van der Waals surface area contributed by atoms with Gasteiger partial charge in [-0.3, -0.25) is 4.79 Å². The average molecular weight is 327 g/mol. The van der Waals surface area contributed by atoms with Gasteiger partial charge < -0.3 is 9.26 Å². The molecule has 1 aromatic heterocycles. The normalized spacial score (nSPS) is 12.1. The van der Waals surface area contributed by atoms with E-state index in [1.54, 1.807) is 23.9 Å². The van der Waals surface area contributed by atoms with E-state index in [0.29, 0.717) is 28.2 Å². The molecule has 0 amide bonds. The number of rotatable bonds is 6. The molecule has 0 radical (unpaired) electrons. The molecule has 1 aromatic carbocycles. The SMILES string of the molecule is COC(=O)C(C)CSCc1nc(-c2cccc(Cl)c2)no1. The lowest BCUT2D eigenvalue weighted by Crippen LogP contribution is -2.14. The number of ether oxygens (including phenoxy) is 1. The van der Waals surface area contributed by atoms with Crippen LogP contribution >= 0.6 is 23.4 Å². The van der Waals surface area contributed by atoms with Crippen molar-refractivity contribution in [1.29, 1.82) is 0 Å². The Hall–Kier alpha value is -1.53. The minimum Gasteiger partial charge on any atom is -0.469 e. The van der Waals surface area contributed by atoms with Crippen LogP contribution in [0, 0.1) is 5.92 Å². The Morgan fingerprint density at radius 2 is 2.33 bits per heavy atom. The van der Waals surface area contributed by atoms with Crippen molar-refractivity contribution >= 4 is 29.3 Å². The molecule has 0 fully saturated rings. The highest BCUT2D eigenvalue weighted by Crippen LogP contribution is 2.21. The first-order valence-corrected chi connectivity index (χ1v) is 7.87. The molecule has 0 spiro atoms. The van der Waals surface area contributed by atoms with Crippen molar-refractivity contribution in [3.8, 4) is 11.4 Å². The van der Waals surface area contributed by atoms with E-state index in [1.807, 2.05) is 19.1 Å². The lowest BCUT2D eigenvalue weighted by Gasteiger charge is -2.06. The van der Waals surface area contributed by atoms with E-state index in [9.17, 15) is 4.79 Å². The van der Waals surface area contributed by atoms with E-state index in [1.165, 1.54) is 7.11 Å². The molecule has 0 aliphatic rings. The summed E-state index contributed by atoms with van der Waals surface area (Å²) in [6.07, 6.45) is 0. The Kier molecular flexibility index (Phi) is 5.64. The van der Waals surface area contributed by atoms with Gasteiger partial charge in [0, 0.05) is 16.3 Å². The van der Waals surface area contributed by atoms with E-state index in [4.69, 9.17) is 16.1 Å². The topological polar surface area (TPSA) is 65.2 Å². The minimum absolute atomic E-state index is 0.157. The number of aromatic nitrogens is 2. The highest BCUT2D eigenvalue weighted by Gasteiger charge is 2.14. The molecule has 0 aliphatic heterocycles.